The summed E-state index contributed by atoms with van der Waals surface area (Å²) in [5.74, 6) is 0.416. The lowest BCUT2D eigenvalue weighted by atomic mass is 9.32. The van der Waals surface area contributed by atoms with E-state index < -0.39 is 34.0 Å². The summed E-state index contributed by atoms with van der Waals surface area (Å²) in [5.41, 5.74) is -1.06. The number of aliphatic hydroxyl groups is 2. The molecule has 2 N–H and O–H groups in total. The summed E-state index contributed by atoms with van der Waals surface area (Å²) in [7, 11) is 0. The van der Waals surface area contributed by atoms with Crippen LogP contribution in [0.1, 0.15) is 81.8 Å². The van der Waals surface area contributed by atoms with Gasteiger partial charge in [-0.25, -0.2) is 4.79 Å². The molecule has 1 heterocycles. The van der Waals surface area contributed by atoms with Gasteiger partial charge in [0, 0.05) is 28.4 Å². The van der Waals surface area contributed by atoms with Crippen LogP contribution in [-0.2, 0) is 11.3 Å². The van der Waals surface area contributed by atoms with E-state index in [0.717, 1.165) is 43.2 Å². The number of rotatable bonds is 7. The van der Waals surface area contributed by atoms with Crippen LogP contribution in [0.2, 0.25) is 0 Å². The van der Waals surface area contributed by atoms with Crippen molar-refractivity contribution >= 4 is 11.9 Å². The summed E-state index contributed by atoms with van der Waals surface area (Å²) < 4.78 is 11.2. The van der Waals surface area contributed by atoms with Crippen molar-refractivity contribution < 1.29 is 29.0 Å². The van der Waals surface area contributed by atoms with E-state index in [1.165, 1.54) is 0 Å². The van der Waals surface area contributed by atoms with Crippen LogP contribution in [0.25, 0.3) is 0 Å². The van der Waals surface area contributed by atoms with Gasteiger partial charge >= 0.3 is 6.09 Å². The van der Waals surface area contributed by atoms with Crippen molar-refractivity contribution in [3.63, 3.8) is 0 Å². The number of allylic oxidation sites excluding steroid dienone is 4. The molecule has 8 atom stereocenters. The van der Waals surface area contributed by atoms with Gasteiger partial charge in [0.1, 0.15) is 0 Å². The van der Waals surface area contributed by atoms with Crippen molar-refractivity contribution in [2.45, 2.75) is 84.0 Å². The Balaban J connectivity index is 1.31. The van der Waals surface area contributed by atoms with E-state index in [1.807, 2.05) is 30.3 Å². The van der Waals surface area contributed by atoms with Crippen LogP contribution in [0, 0.1) is 33.5 Å². The maximum absolute atomic E-state index is 14.4. The predicted molar refractivity (Wildman–Crippen MR) is 165 cm³/mol. The zero-order chi connectivity index (χ0) is 31.0. The molecule has 7 nitrogen and oxygen atoms in total. The van der Waals surface area contributed by atoms with E-state index in [2.05, 4.69) is 32.1 Å². The normalized spacial score (nSPS) is 40.0. The molecule has 0 radical (unpaired) electrons. The molecule has 1 aromatic heterocycles. The highest BCUT2D eigenvalue weighted by Crippen LogP contribution is 2.78. The number of carbonyl (C=O) groups excluding carboxylic acids is 2. The topological polar surface area (TPSA) is 100 Å². The molecule has 44 heavy (non-hydrogen) atoms. The summed E-state index contributed by atoms with van der Waals surface area (Å²) in [6, 6.07) is 13.3. The minimum Gasteiger partial charge on any atom is -0.461 e. The molecule has 2 aromatic rings. The fourth-order valence-electron chi connectivity index (χ4n) is 10.7. The first kappa shape index (κ1) is 29.5. The standard InChI is InChI=1S/C37H45NO6/c1-4-43-32(41)38(23-25-9-6-5-7-10-25)24-36(42)17-14-30-34(36,3)16-13-29-33(2)15-12-26(39)21-35(33)18-19-37(29,30)27(22-35)31(40)28-11-8-20-44-28/h5-11,18-20,22,26,29-30,39,42H,4,12-17,21,23-24H2,1-3H3. The summed E-state index contributed by atoms with van der Waals surface area (Å²) >= 11 is 0. The maximum atomic E-state index is 14.4. The third-order valence-electron chi connectivity index (χ3n) is 12.9. The van der Waals surface area contributed by atoms with Gasteiger partial charge in [-0.15, -0.1) is 0 Å². The summed E-state index contributed by atoms with van der Waals surface area (Å²) in [6.07, 6.45) is 12.7. The average molecular weight is 600 g/mol. The number of fused-ring (bicyclic) bond motifs is 1. The number of amides is 1. The van der Waals surface area contributed by atoms with Crippen molar-refractivity contribution in [1.29, 1.82) is 0 Å². The molecular weight excluding hydrogens is 554 g/mol. The second-order valence-corrected chi connectivity index (χ2v) is 14.7. The monoisotopic (exact) mass is 599 g/mol. The van der Waals surface area contributed by atoms with E-state index in [-0.39, 0.29) is 36.2 Å². The smallest absolute Gasteiger partial charge is 0.410 e. The summed E-state index contributed by atoms with van der Waals surface area (Å²) in [6.45, 7) is 7.13. The number of hydrogen-bond acceptors (Lipinski definition) is 6. The van der Waals surface area contributed by atoms with Gasteiger partial charge in [-0.3, -0.25) is 4.79 Å². The summed E-state index contributed by atoms with van der Waals surface area (Å²) in [5, 5.41) is 23.6. The number of benzene rings is 1. The molecule has 2 spiro atoms. The molecule has 3 saturated carbocycles. The fraction of sp³-hybridized carbons (Fsp3) is 0.568. The second-order valence-electron chi connectivity index (χ2n) is 14.7. The van der Waals surface area contributed by atoms with Gasteiger partial charge in [0.05, 0.1) is 31.1 Å². The zero-order valence-electron chi connectivity index (χ0n) is 26.1. The molecule has 2 bridgehead atoms. The predicted octanol–water partition coefficient (Wildman–Crippen LogP) is 6.71. The minimum atomic E-state index is -1.17. The number of Topliss-reactive ketones (excluding diaryl/α,β-unsaturated/α-hetero) is 1. The summed E-state index contributed by atoms with van der Waals surface area (Å²) in [4.78, 5) is 29.3. The third kappa shape index (κ3) is 3.94. The number of nitrogens with zero attached hydrogens (tertiary/aromatic N) is 1. The third-order valence-corrected chi connectivity index (χ3v) is 12.9. The lowest BCUT2D eigenvalue weighted by Crippen LogP contribution is -2.67. The molecule has 6 aliphatic carbocycles. The highest BCUT2D eigenvalue weighted by Gasteiger charge is 2.74. The first-order chi connectivity index (χ1) is 21.0. The molecule has 7 heteroatoms. The van der Waals surface area contributed by atoms with Gasteiger partial charge in [0.2, 0.25) is 5.78 Å². The van der Waals surface area contributed by atoms with Gasteiger partial charge in [-0.1, -0.05) is 62.4 Å². The molecule has 3 fully saturated rings. The lowest BCUT2D eigenvalue weighted by molar-refractivity contribution is -0.175. The number of aliphatic hydroxyl groups excluding tert-OH is 1. The Labute approximate surface area is 260 Å². The van der Waals surface area contributed by atoms with Crippen molar-refractivity contribution in [3.05, 3.63) is 83.9 Å². The van der Waals surface area contributed by atoms with Gasteiger partial charge < -0.3 is 24.3 Å². The highest BCUT2D eigenvalue weighted by molar-refractivity contribution is 6.08. The molecule has 8 unspecified atom stereocenters. The van der Waals surface area contributed by atoms with Gasteiger partial charge in [-0.05, 0) is 86.8 Å². The maximum Gasteiger partial charge on any atom is 0.410 e. The van der Waals surface area contributed by atoms with Crippen molar-refractivity contribution in [3.8, 4) is 0 Å². The first-order valence-corrected chi connectivity index (χ1v) is 16.4. The van der Waals surface area contributed by atoms with Gasteiger partial charge in [-0.2, -0.15) is 0 Å². The Kier molecular flexibility index (Phi) is 6.84. The molecule has 0 saturated heterocycles. The van der Waals surface area contributed by atoms with E-state index in [9.17, 15) is 19.8 Å². The average Bonchev–Trinajstić information content (AvgIpc) is 3.64. The number of ether oxygens (including phenoxy) is 1. The second kappa shape index (κ2) is 10.2. The Hall–Kier alpha value is -3.16. The van der Waals surface area contributed by atoms with Crippen molar-refractivity contribution in [1.82, 2.24) is 4.90 Å². The molecule has 1 amide bonds. The first-order valence-electron chi connectivity index (χ1n) is 16.4. The van der Waals surface area contributed by atoms with Crippen molar-refractivity contribution in [2.75, 3.05) is 13.2 Å². The van der Waals surface area contributed by atoms with Gasteiger partial charge in [0.25, 0.3) is 0 Å². The minimum absolute atomic E-state index is 0.0112. The molecule has 234 valence electrons. The van der Waals surface area contributed by atoms with E-state index in [4.69, 9.17) is 9.15 Å². The number of hydrogen-bond donors (Lipinski definition) is 2. The number of furan rings is 1. The van der Waals surface area contributed by atoms with Crippen LogP contribution < -0.4 is 0 Å². The SMILES string of the molecule is CCOC(=O)N(Cc1ccccc1)CC1(O)CCC2C34C=CC5(C=C3C(=O)c3ccco3)CC(O)CCC5(C)C4CCC21C. The van der Waals surface area contributed by atoms with Crippen molar-refractivity contribution in [2.24, 2.45) is 33.5 Å². The van der Waals surface area contributed by atoms with Crippen LogP contribution >= 0.6 is 0 Å². The molecule has 6 aliphatic rings. The fourth-order valence-corrected chi connectivity index (χ4v) is 10.7. The molecular formula is C37H45NO6. The van der Waals surface area contributed by atoms with E-state index in [0.29, 0.717) is 25.1 Å². The van der Waals surface area contributed by atoms with Crippen LogP contribution in [0.4, 0.5) is 4.79 Å². The quantitative estimate of drug-likeness (QED) is 0.271. The number of carbonyl (C=O) groups is 2. The van der Waals surface area contributed by atoms with E-state index >= 15 is 0 Å². The van der Waals surface area contributed by atoms with Gasteiger partial charge in [0.15, 0.2) is 5.76 Å². The Morgan fingerprint density at radius 1 is 0.977 bits per heavy atom. The highest BCUT2D eigenvalue weighted by atomic mass is 16.6. The van der Waals surface area contributed by atoms with Crippen LogP contribution in [0.15, 0.2) is 76.9 Å². The number of ketones is 1. The van der Waals surface area contributed by atoms with Crippen LogP contribution in [0.3, 0.4) is 0 Å². The zero-order valence-corrected chi connectivity index (χ0v) is 26.1. The largest absolute Gasteiger partial charge is 0.461 e. The Morgan fingerprint density at radius 3 is 2.43 bits per heavy atom. The van der Waals surface area contributed by atoms with Crippen LogP contribution in [0.5, 0.6) is 0 Å². The lowest BCUT2D eigenvalue weighted by Gasteiger charge is -2.71. The van der Waals surface area contributed by atoms with Crippen LogP contribution in [-0.4, -0.2) is 51.8 Å². The molecule has 1 aromatic carbocycles. The Morgan fingerprint density at radius 2 is 1.70 bits per heavy atom. The molecule has 8 rings (SSSR count). The Bertz CT molecular complexity index is 1500. The van der Waals surface area contributed by atoms with E-state index in [1.54, 1.807) is 30.2 Å². The molecule has 0 aliphatic heterocycles.